The maximum absolute atomic E-state index is 12.5. The van der Waals surface area contributed by atoms with Crippen molar-refractivity contribution in [3.05, 3.63) is 64.7 Å². The third kappa shape index (κ3) is 5.64. The Hall–Kier alpha value is -3.95. The molecule has 1 aliphatic carbocycles. The maximum Gasteiger partial charge on any atom is 0.310 e. The summed E-state index contributed by atoms with van der Waals surface area (Å²) >= 11 is 0. The second-order valence-electron chi connectivity index (χ2n) is 9.04. The van der Waals surface area contributed by atoms with Crippen molar-refractivity contribution in [2.45, 2.75) is 57.6 Å². The number of nitrogens with zero attached hydrogens (tertiary/aromatic N) is 3. The van der Waals surface area contributed by atoms with Gasteiger partial charge in [-0.05, 0) is 17.6 Å². The van der Waals surface area contributed by atoms with E-state index in [0.717, 1.165) is 24.8 Å². The number of nitrogen functional groups attached to an aromatic ring is 1. The van der Waals surface area contributed by atoms with Gasteiger partial charge in [0.2, 0.25) is 5.95 Å². The van der Waals surface area contributed by atoms with Crippen LogP contribution in [0.15, 0.2) is 53.6 Å². The smallest absolute Gasteiger partial charge is 0.310 e. The topological polar surface area (TPSA) is 142 Å². The summed E-state index contributed by atoms with van der Waals surface area (Å²) in [4.78, 5) is 48.2. The summed E-state index contributed by atoms with van der Waals surface area (Å²) in [5.41, 5.74) is 7.34. The molecule has 3 aromatic rings. The van der Waals surface area contributed by atoms with Crippen LogP contribution in [0.1, 0.15) is 50.6 Å². The molecule has 10 nitrogen and oxygen atoms in total. The van der Waals surface area contributed by atoms with Gasteiger partial charge in [0.25, 0.3) is 5.56 Å². The monoisotopic (exact) mass is 493 g/mol. The summed E-state index contributed by atoms with van der Waals surface area (Å²) in [7, 11) is 0. The van der Waals surface area contributed by atoms with Gasteiger partial charge < -0.3 is 19.8 Å². The number of rotatable bonds is 10. The van der Waals surface area contributed by atoms with Crippen molar-refractivity contribution in [3.63, 3.8) is 0 Å². The summed E-state index contributed by atoms with van der Waals surface area (Å²) in [5.74, 6) is -1.11. The maximum atomic E-state index is 12.5. The summed E-state index contributed by atoms with van der Waals surface area (Å²) in [6, 6.07) is 8.96. The Morgan fingerprint density at radius 1 is 1.22 bits per heavy atom. The summed E-state index contributed by atoms with van der Waals surface area (Å²) in [6.07, 6.45) is 4.51. The van der Waals surface area contributed by atoms with Gasteiger partial charge in [0.05, 0.1) is 24.7 Å². The molecule has 2 aromatic heterocycles. The number of fused-ring (bicyclic) bond motifs is 1. The first-order chi connectivity index (χ1) is 17.4. The van der Waals surface area contributed by atoms with Crippen LogP contribution in [-0.2, 0) is 25.5 Å². The van der Waals surface area contributed by atoms with E-state index in [1.165, 1.54) is 6.33 Å². The molecule has 2 heterocycles. The molecule has 1 saturated carbocycles. The van der Waals surface area contributed by atoms with Crippen molar-refractivity contribution in [2.75, 3.05) is 12.3 Å². The molecule has 0 amide bonds. The van der Waals surface area contributed by atoms with Crippen LogP contribution in [0.2, 0.25) is 0 Å². The van der Waals surface area contributed by atoms with Crippen molar-refractivity contribution >= 4 is 29.1 Å². The molecule has 0 aliphatic heterocycles. The van der Waals surface area contributed by atoms with Gasteiger partial charge in [-0.25, -0.2) is 4.98 Å². The number of H-pyrrole nitrogens is 1. The van der Waals surface area contributed by atoms with Crippen LogP contribution in [0, 0.1) is 5.92 Å². The van der Waals surface area contributed by atoms with Gasteiger partial charge in [-0.2, -0.15) is 4.98 Å². The van der Waals surface area contributed by atoms with Gasteiger partial charge in [0.15, 0.2) is 11.2 Å². The number of anilines is 1. The predicted molar refractivity (Wildman–Crippen MR) is 134 cm³/mol. The van der Waals surface area contributed by atoms with Crippen LogP contribution in [0.25, 0.3) is 11.2 Å². The SMILES string of the molecule is C=C1[C@H](COC(=O)Cc2ccccc2)[C@@H](OC(=O)CCCCC)C[C@@H]1n1cnc2c(=O)[nH]c(N)nc21. The number of hydrogen-bond acceptors (Lipinski definition) is 8. The Labute approximate surface area is 208 Å². The zero-order valence-corrected chi connectivity index (χ0v) is 20.3. The Morgan fingerprint density at radius 3 is 2.75 bits per heavy atom. The summed E-state index contributed by atoms with van der Waals surface area (Å²) < 4.78 is 13.2. The highest BCUT2D eigenvalue weighted by Gasteiger charge is 2.42. The molecule has 0 saturated heterocycles. The van der Waals surface area contributed by atoms with Crippen LogP contribution in [0.5, 0.6) is 0 Å². The van der Waals surface area contributed by atoms with Crippen LogP contribution in [0.3, 0.4) is 0 Å². The highest BCUT2D eigenvalue weighted by atomic mass is 16.6. The fourth-order valence-electron chi connectivity index (χ4n) is 4.57. The second-order valence-corrected chi connectivity index (χ2v) is 9.04. The van der Waals surface area contributed by atoms with Gasteiger partial charge in [0.1, 0.15) is 12.7 Å². The minimum Gasteiger partial charge on any atom is -0.465 e. The number of ether oxygens (including phenoxy) is 2. The number of nitrogens with two attached hydrogens (primary N) is 1. The molecule has 4 rings (SSSR count). The second kappa shape index (κ2) is 11.2. The Morgan fingerprint density at radius 2 is 2.00 bits per heavy atom. The lowest BCUT2D eigenvalue weighted by Crippen LogP contribution is -2.27. The van der Waals surface area contributed by atoms with Crippen molar-refractivity contribution < 1.29 is 19.1 Å². The lowest BCUT2D eigenvalue weighted by atomic mass is 10.0. The number of carbonyl (C=O) groups excluding carboxylic acids is 2. The quantitative estimate of drug-likeness (QED) is 0.249. The molecule has 0 bridgehead atoms. The Kier molecular flexibility index (Phi) is 7.82. The van der Waals surface area contributed by atoms with E-state index in [-0.39, 0.29) is 42.5 Å². The zero-order valence-electron chi connectivity index (χ0n) is 20.3. The normalized spacial score (nSPS) is 19.5. The number of nitrogens with one attached hydrogen (secondary N) is 1. The first-order valence-electron chi connectivity index (χ1n) is 12.2. The first kappa shape index (κ1) is 25.2. The fourth-order valence-corrected chi connectivity index (χ4v) is 4.57. The number of aromatic amines is 1. The van der Waals surface area contributed by atoms with Gasteiger partial charge >= 0.3 is 11.9 Å². The lowest BCUT2D eigenvalue weighted by Gasteiger charge is -2.20. The van der Waals surface area contributed by atoms with Gasteiger partial charge in [-0.3, -0.25) is 19.4 Å². The molecule has 0 radical (unpaired) electrons. The number of carbonyl (C=O) groups is 2. The Bertz CT molecular complexity index is 1300. The van der Waals surface area contributed by atoms with E-state index in [1.54, 1.807) is 4.57 Å². The van der Waals surface area contributed by atoms with Crippen molar-refractivity contribution in [3.8, 4) is 0 Å². The number of hydrogen-bond donors (Lipinski definition) is 2. The van der Waals surface area contributed by atoms with Gasteiger partial charge in [0, 0.05) is 12.8 Å². The van der Waals surface area contributed by atoms with Crippen LogP contribution < -0.4 is 11.3 Å². The van der Waals surface area contributed by atoms with E-state index in [1.807, 2.05) is 30.3 Å². The van der Waals surface area contributed by atoms with E-state index >= 15 is 0 Å². The highest BCUT2D eigenvalue weighted by Crippen LogP contribution is 2.42. The van der Waals surface area contributed by atoms with E-state index in [0.29, 0.717) is 24.1 Å². The number of aromatic nitrogens is 4. The van der Waals surface area contributed by atoms with Crippen LogP contribution in [0.4, 0.5) is 5.95 Å². The van der Waals surface area contributed by atoms with Crippen molar-refractivity contribution in [2.24, 2.45) is 5.92 Å². The molecule has 10 heteroatoms. The zero-order chi connectivity index (χ0) is 25.7. The molecule has 1 aliphatic rings. The van der Waals surface area contributed by atoms with Gasteiger partial charge in [-0.1, -0.05) is 56.7 Å². The van der Waals surface area contributed by atoms with Crippen LogP contribution in [-0.4, -0.2) is 44.2 Å². The van der Waals surface area contributed by atoms with Crippen molar-refractivity contribution in [1.29, 1.82) is 0 Å². The number of imidazole rings is 1. The minimum absolute atomic E-state index is 0.0245. The number of esters is 2. The van der Waals surface area contributed by atoms with E-state index in [9.17, 15) is 14.4 Å². The Balaban J connectivity index is 1.53. The molecule has 0 unspecified atom stereocenters. The molecule has 190 valence electrons. The number of unbranched alkanes of at least 4 members (excludes halogenated alkanes) is 2. The van der Waals surface area contributed by atoms with Crippen molar-refractivity contribution in [1.82, 2.24) is 19.5 Å². The fraction of sp³-hybridized carbons (Fsp3) is 0.423. The molecule has 3 atom stereocenters. The van der Waals surface area contributed by atoms with E-state index in [4.69, 9.17) is 15.2 Å². The van der Waals surface area contributed by atoms with E-state index in [2.05, 4.69) is 28.5 Å². The standard InChI is InChI=1S/C26H31N5O5/c1-3-4-6-11-21(32)36-20-13-19(31-15-28-23-24(31)29-26(27)30-25(23)34)16(2)18(20)14-35-22(33)12-17-9-7-5-8-10-17/h5,7-10,15,18-20H,2-4,6,11-14H2,1H3,(H3,27,29,30,34)/t18-,19-,20-/m0/s1. The van der Waals surface area contributed by atoms with Crippen LogP contribution >= 0.6 is 0 Å². The average Bonchev–Trinajstić information content (AvgIpc) is 3.39. The minimum atomic E-state index is -0.544. The largest absolute Gasteiger partial charge is 0.465 e. The number of benzene rings is 1. The molecule has 1 aromatic carbocycles. The van der Waals surface area contributed by atoms with E-state index < -0.39 is 17.6 Å². The molecule has 3 N–H and O–H groups in total. The average molecular weight is 494 g/mol. The molecule has 36 heavy (non-hydrogen) atoms. The third-order valence-electron chi connectivity index (χ3n) is 6.48. The lowest BCUT2D eigenvalue weighted by molar-refractivity contribution is -0.153. The molecular formula is C26H31N5O5. The first-order valence-corrected chi connectivity index (χ1v) is 12.2. The summed E-state index contributed by atoms with van der Waals surface area (Å²) in [6.45, 7) is 6.34. The molecule has 0 spiro atoms. The highest BCUT2D eigenvalue weighted by molar-refractivity contribution is 5.73. The van der Waals surface area contributed by atoms with Gasteiger partial charge in [-0.15, -0.1) is 0 Å². The molecular weight excluding hydrogens is 462 g/mol. The molecule has 1 fully saturated rings. The summed E-state index contributed by atoms with van der Waals surface area (Å²) in [5, 5.41) is 0. The third-order valence-corrected chi connectivity index (χ3v) is 6.48. The predicted octanol–water partition coefficient (Wildman–Crippen LogP) is 3.10.